The quantitative estimate of drug-likeness (QED) is 0.860. The maximum absolute atomic E-state index is 11.5. The van der Waals surface area contributed by atoms with E-state index in [0.717, 1.165) is 0 Å². The van der Waals surface area contributed by atoms with E-state index in [-0.39, 0.29) is 24.3 Å². The van der Waals surface area contributed by atoms with Crippen molar-refractivity contribution >= 4 is 15.8 Å². The van der Waals surface area contributed by atoms with Crippen LogP contribution in [0.5, 0.6) is 0 Å². The molecule has 1 aliphatic heterocycles. The molecule has 0 amide bonds. The van der Waals surface area contributed by atoms with E-state index in [1.54, 1.807) is 30.3 Å². The van der Waals surface area contributed by atoms with Crippen LogP contribution in [0.3, 0.4) is 0 Å². The summed E-state index contributed by atoms with van der Waals surface area (Å²) in [7, 11) is -3.32. The van der Waals surface area contributed by atoms with Gasteiger partial charge in [-0.15, -0.1) is 0 Å². The van der Waals surface area contributed by atoms with Gasteiger partial charge in [0.15, 0.2) is 9.84 Å². The number of aliphatic hydroxyl groups excluding tert-OH is 1. The third-order valence-electron chi connectivity index (χ3n) is 3.61. The van der Waals surface area contributed by atoms with Crippen molar-refractivity contribution in [2.24, 2.45) is 5.41 Å². The summed E-state index contributed by atoms with van der Waals surface area (Å²) in [6.07, 6.45) is -0.981. The molecule has 1 aliphatic rings. The minimum absolute atomic E-state index is 0.0640. The molecule has 0 aliphatic carbocycles. The summed E-state index contributed by atoms with van der Waals surface area (Å²) in [5, 5.41) is 19.4. The normalized spacial score (nSPS) is 27.0. The number of sulfone groups is 1. The largest absolute Gasteiger partial charge is 0.481 e. The fourth-order valence-electron chi connectivity index (χ4n) is 2.50. The van der Waals surface area contributed by atoms with Crippen molar-refractivity contribution in [1.82, 2.24) is 0 Å². The van der Waals surface area contributed by atoms with Crippen LogP contribution >= 0.6 is 0 Å². The molecule has 1 aromatic rings. The van der Waals surface area contributed by atoms with Crippen LogP contribution in [0.2, 0.25) is 0 Å². The zero-order valence-corrected chi connectivity index (χ0v) is 11.1. The van der Waals surface area contributed by atoms with Crippen molar-refractivity contribution < 1.29 is 23.4 Å². The summed E-state index contributed by atoms with van der Waals surface area (Å²) < 4.78 is 23.0. The van der Waals surface area contributed by atoms with E-state index in [9.17, 15) is 23.4 Å². The van der Waals surface area contributed by atoms with Gasteiger partial charge in [-0.2, -0.15) is 0 Å². The van der Waals surface area contributed by atoms with E-state index in [0.29, 0.717) is 5.56 Å². The fourth-order valence-corrected chi connectivity index (χ4v) is 4.57. The topological polar surface area (TPSA) is 91.7 Å². The van der Waals surface area contributed by atoms with Gasteiger partial charge in [0.2, 0.25) is 0 Å². The number of carboxylic acid groups (broad SMARTS) is 1. The number of aliphatic carboxylic acids is 1. The van der Waals surface area contributed by atoms with E-state index >= 15 is 0 Å². The van der Waals surface area contributed by atoms with E-state index < -0.39 is 27.3 Å². The van der Waals surface area contributed by atoms with E-state index in [1.807, 2.05) is 0 Å². The number of aliphatic hydroxyl groups is 1. The summed E-state index contributed by atoms with van der Waals surface area (Å²) in [6.45, 7) is 0. The van der Waals surface area contributed by atoms with Crippen LogP contribution in [-0.4, -0.2) is 36.1 Å². The highest BCUT2D eigenvalue weighted by Gasteiger charge is 2.49. The third-order valence-corrected chi connectivity index (χ3v) is 5.43. The minimum Gasteiger partial charge on any atom is -0.481 e. The molecule has 0 radical (unpaired) electrons. The molecule has 2 unspecified atom stereocenters. The summed E-state index contributed by atoms with van der Waals surface area (Å²) in [5.41, 5.74) is -0.763. The number of carboxylic acids is 1. The molecule has 0 bridgehead atoms. The first kappa shape index (κ1) is 14.0. The van der Waals surface area contributed by atoms with Gasteiger partial charge in [0, 0.05) is 0 Å². The van der Waals surface area contributed by atoms with E-state index in [4.69, 9.17) is 0 Å². The van der Waals surface area contributed by atoms with Crippen LogP contribution in [0, 0.1) is 5.41 Å². The maximum Gasteiger partial charge on any atom is 0.310 e. The van der Waals surface area contributed by atoms with Crippen LogP contribution in [0.15, 0.2) is 30.3 Å². The maximum atomic E-state index is 11.5. The van der Waals surface area contributed by atoms with Crippen LogP contribution in [0.4, 0.5) is 0 Å². The Labute approximate surface area is 111 Å². The Hall–Kier alpha value is -1.40. The molecule has 1 fully saturated rings. The third kappa shape index (κ3) is 2.96. The number of hydrogen-bond donors (Lipinski definition) is 2. The molecule has 0 spiro atoms. The van der Waals surface area contributed by atoms with Crippen molar-refractivity contribution in [3.8, 4) is 0 Å². The first-order valence-electron chi connectivity index (χ1n) is 6.01. The first-order chi connectivity index (χ1) is 8.85. The van der Waals surface area contributed by atoms with Gasteiger partial charge in [0.25, 0.3) is 0 Å². The average Bonchev–Trinajstić information content (AvgIpc) is 2.67. The van der Waals surface area contributed by atoms with Gasteiger partial charge in [-0.1, -0.05) is 30.3 Å². The van der Waals surface area contributed by atoms with Crippen molar-refractivity contribution in [2.75, 3.05) is 11.5 Å². The summed E-state index contributed by atoms with van der Waals surface area (Å²) in [4.78, 5) is 11.4. The highest BCUT2D eigenvalue weighted by Crippen LogP contribution is 2.40. The average molecular weight is 284 g/mol. The molecule has 2 N–H and O–H groups in total. The lowest BCUT2D eigenvalue weighted by molar-refractivity contribution is -0.149. The van der Waals surface area contributed by atoms with Gasteiger partial charge in [0.05, 0.1) is 23.0 Å². The lowest BCUT2D eigenvalue weighted by Crippen LogP contribution is -2.34. The SMILES string of the molecule is O=C(O)C1(CC(O)c2ccccc2)CCS(=O)(=O)C1. The molecule has 0 aromatic heterocycles. The molecule has 5 nitrogen and oxygen atoms in total. The Morgan fingerprint density at radius 3 is 2.42 bits per heavy atom. The zero-order valence-electron chi connectivity index (χ0n) is 10.3. The van der Waals surface area contributed by atoms with Gasteiger partial charge in [0.1, 0.15) is 0 Å². The van der Waals surface area contributed by atoms with Gasteiger partial charge in [-0.05, 0) is 18.4 Å². The molecule has 1 saturated heterocycles. The molecule has 1 aromatic carbocycles. The molecule has 104 valence electrons. The summed E-state index contributed by atoms with van der Waals surface area (Å²) >= 11 is 0. The summed E-state index contributed by atoms with van der Waals surface area (Å²) in [6, 6.07) is 8.69. The van der Waals surface area contributed by atoms with Crippen LogP contribution in [0.25, 0.3) is 0 Å². The van der Waals surface area contributed by atoms with Crippen LogP contribution < -0.4 is 0 Å². The van der Waals surface area contributed by atoms with Crippen molar-refractivity contribution in [3.63, 3.8) is 0 Å². The van der Waals surface area contributed by atoms with Gasteiger partial charge >= 0.3 is 5.97 Å². The molecule has 6 heteroatoms. The molecular weight excluding hydrogens is 268 g/mol. The lowest BCUT2D eigenvalue weighted by Gasteiger charge is -2.25. The summed E-state index contributed by atoms with van der Waals surface area (Å²) in [5.74, 6) is -1.66. The minimum atomic E-state index is -3.32. The molecule has 0 saturated carbocycles. The number of hydrogen-bond acceptors (Lipinski definition) is 4. The zero-order chi connectivity index (χ0) is 14.1. The fraction of sp³-hybridized carbons (Fsp3) is 0.462. The van der Waals surface area contributed by atoms with E-state index in [1.165, 1.54) is 0 Å². The first-order valence-corrected chi connectivity index (χ1v) is 7.84. The number of carbonyl (C=O) groups is 1. The predicted molar refractivity (Wildman–Crippen MR) is 69.4 cm³/mol. The molecule has 2 rings (SSSR count). The van der Waals surface area contributed by atoms with Crippen molar-refractivity contribution in [1.29, 1.82) is 0 Å². The van der Waals surface area contributed by atoms with Crippen LogP contribution in [-0.2, 0) is 14.6 Å². The number of rotatable bonds is 4. The lowest BCUT2D eigenvalue weighted by atomic mass is 9.80. The second kappa shape index (κ2) is 4.94. The number of benzene rings is 1. The van der Waals surface area contributed by atoms with Crippen LogP contribution in [0.1, 0.15) is 24.5 Å². The standard InChI is InChI=1S/C13H16O5S/c14-11(10-4-2-1-3-5-10)8-13(12(15)16)6-7-19(17,18)9-13/h1-5,11,14H,6-9H2,(H,15,16). The van der Waals surface area contributed by atoms with Gasteiger partial charge in [-0.3, -0.25) is 4.79 Å². The predicted octanol–water partition coefficient (Wildman–Crippen LogP) is 1.000. The Morgan fingerprint density at radius 2 is 1.95 bits per heavy atom. The van der Waals surface area contributed by atoms with Crippen molar-refractivity contribution in [3.05, 3.63) is 35.9 Å². The smallest absolute Gasteiger partial charge is 0.310 e. The van der Waals surface area contributed by atoms with E-state index in [2.05, 4.69) is 0 Å². The monoisotopic (exact) mass is 284 g/mol. The highest BCUT2D eigenvalue weighted by molar-refractivity contribution is 7.91. The van der Waals surface area contributed by atoms with Gasteiger partial charge < -0.3 is 10.2 Å². The Kier molecular flexibility index (Phi) is 3.64. The second-order valence-corrected chi connectivity index (χ2v) is 7.24. The Morgan fingerprint density at radius 1 is 1.32 bits per heavy atom. The molecular formula is C13H16O5S. The molecule has 2 atom stereocenters. The molecule has 1 heterocycles. The molecule has 19 heavy (non-hydrogen) atoms. The van der Waals surface area contributed by atoms with Crippen molar-refractivity contribution in [2.45, 2.75) is 18.9 Å². The van der Waals surface area contributed by atoms with Gasteiger partial charge in [-0.25, -0.2) is 8.42 Å². The second-order valence-electron chi connectivity index (χ2n) is 5.06. The Balaban J connectivity index is 2.22. The Bertz CT molecular complexity index is 566. The highest BCUT2D eigenvalue weighted by atomic mass is 32.2.